The van der Waals surface area contributed by atoms with Crippen LogP contribution >= 0.6 is 0 Å². The van der Waals surface area contributed by atoms with Crippen LogP contribution in [-0.2, 0) is 39.9 Å². The Bertz CT molecular complexity index is 774. The van der Waals surface area contributed by atoms with Gasteiger partial charge in [-0.05, 0) is 24.3 Å². The first-order valence-corrected chi connectivity index (χ1v) is 11.1. The predicted molar refractivity (Wildman–Crippen MR) is 118 cm³/mol. The summed E-state index contributed by atoms with van der Waals surface area (Å²) in [4.78, 5) is 34.7. The Hall–Kier alpha value is -2.67. The lowest BCUT2D eigenvalue weighted by Crippen LogP contribution is -2.52. The van der Waals surface area contributed by atoms with Gasteiger partial charge in [-0.3, -0.25) is 14.4 Å². The van der Waals surface area contributed by atoms with Crippen LogP contribution in [0.5, 0.6) is 0 Å². The van der Waals surface area contributed by atoms with Crippen molar-refractivity contribution < 1.29 is 33.3 Å². The van der Waals surface area contributed by atoms with Gasteiger partial charge < -0.3 is 18.9 Å². The summed E-state index contributed by atoms with van der Waals surface area (Å²) >= 11 is 0. The average molecular weight is 447 g/mol. The molecule has 1 fully saturated rings. The SMILES string of the molecule is CC(=O)OCC1OC(CC=CCCC(=O)OCc2ccccc2)C(C)C(C)C1OC(C)=O. The largest absolute Gasteiger partial charge is 0.463 e. The van der Waals surface area contributed by atoms with Gasteiger partial charge in [-0.2, -0.15) is 0 Å². The molecule has 1 saturated heterocycles. The van der Waals surface area contributed by atoms with Crippen LogP contribution in [0, 0.1) is 11.8 Å². The molecule has 176 valence electrons. The van der Waals surface area contributed by atoms with Gasteiger partial charge in [0.05, 0.1) is 6.10 Å². The number of allylic oxidation sites excluding steroid dienone is 1. The van der Waals surface area contributed by atoms with Crippen molar-refractivity contribution in [2.24, 2.45) is 11.8 Å². The van der Waals surface area contributed by atoms with Crippen LogP contribution in [0.2, 0.25) is 0 Å². The molecule has 1 aliphatic rings. The second-order valence-corrected chi connectivity index (χ2v) is 8.20. The molecular weight excluding hydrogens is 412 g/mol. The Kier molecular flexibility index (Phi) is 10.4. The van der Waals surface area contributed by atoms with Gasteiger partial charge in [-0.15, -0.1) is 0 Å². The van der Waals surface area contributed by atoms with Gasteiger partial charge in [0.1, 0.15) is 25.4 Å². The van der Waals surface area contributed by atoms with E-state index in [0.717, 1.165) is 5.56 Å². The number of carbonyl (C=O) groups is 3. The highest BCUT2D eigenvalue weighted by atomic mass is 16.6. The van der Waals surface area contributed by atoms with E-state index in [4.69, 9.17) is 18.9 Å². The van der Waals surface area contributed by atoms with Gasteiger partial charge in [0.2, 0.25) is 0 Å². The number of hydrogen-bond acceptors (Lipinski definition) is 7. The van der Waals surface area contributed by atoms with Crippen molar-refractivity contribution in [2.45, 2.75) is 71.9 Å². The van der Waals surface area contributed by atoms with Crippen molar-refractivity contribution in [3.05, 3.63) is 48.0 Å². The van der Waals surface area contributed by atoms with E-state index in [9.17, 15) is 14.4 Å². The first kappa shape index (κ1) is 25.6. The lowest BCUT2D eigenvalue weighted by molar-refractivity contribution is -0.204. The Morgan fingerprint density at radius 1 is 0.938 bits per heavy atom. The van der Waals surface area contributed by atoms with E-state index in [0.29, 0.717) is 19.3 Å². The number of hydrogen-bond donors (Lipinski definition) is 0. The zero-order valence-electron chi connectivity index (χ0n) is 19.3. The first-order valence-electron chi connectivity index (χ1n) is 11.1. The smallest absolute Gasteiger partial charge is 0.306 e. The summed E-state index contributed by atoms with van der Waals surface area (Å²) in [5.74, 6) is -0.854. The summed E-state index contributed by atoms with van der Waals surface area (Å²) in [5, 5.41) is 0. The standard InChI is InChI=1S/C25H34O7/c1-17-18(2)25(31-20(4)27)23(16-29-19(3)26)32-22(17)13-9-6-10-14-24(28)30-15-21-11-7-5-8-12-21/h5-9,11-12,17-18,22-23,25H,10,13-16H2,1-4H3. The van der Waals surface area contributed by atoms with Crippen molar-refractivity contribution in [3.63, 3.8) is 0 Å². The zero-order valence-corrected chi connectivity index (χ0v) is 19.3. The minimum absolute atomic E-state index is 0.0395. The molecule has 7 nitrogen and oxygen atoms in total. The topological polar surface area (TPSA) is 88.1 Å². The van der Waals surface area contributed by atoms with Crippen molar-refractivity contribution >= 4 is 17.9 Å². The molecule has 7 heteroatoms. The summed E-state index contributed by atoms with van der Waals surface area (Å²) in [6, 6.07) is 9.57. The lowest BCUT2D eigenvalue weighted by atomic mass is 9.80. The zero-order chi connectivity index (χ0) is 23.5. The fraction of sp³-hybridized carbons (Fsp3) is 0.560. The van der Waals surface area contributed by atoms with Crippen LogP contribution in [0.3, 0.4) is 0 Å². The van der Waals surface area contributed by atoms with Crippen molar-refractivity contribution in [1.29, 1.82) is 0 Å². The normalized spacial score (nSPS) is 25.3. The van der Waals surface area contributed by atoms with E-state index in [-0.39, 0.29) is 43.1 Å². The molecule has 0 saturated carbocycles. The lowest BCUT2D eigenvalue weighted by Gasteiger charge is -2.43. The summed E-state index contributed by atoms with van der Waals surface area (Å²) in [6.07, 6.45) is 4.38. The van der Waals surface area contributed by atoms with E-state index >= 15 is 0 Å². The maximum absolute atomic E-state index is 11.9. The van der Waals surface area contributed by atoms with Crippen molar-refractivity contribution in [3.8, 4) is 0 Å². The third-order valence-corrected chi connectivity index (χ3v) is 5.70. The molecule has 5 unspecified atom stereocenters. The second-order valence-electron chi connectivity index (χ2n) is 8.20. The summed E-state index contributed by atoms with van der Waals surface area (Å²) in [5.41, 5.74) is 0.962. The molecular formula is C25H34O7. The molecule has 1 aliphatic heterocycles. The minimum Gasteiger partial charge on any atom is -0.463 e. The maximum Gasteiger partial charge on any atom is 0.306 e. The van der Waals surface area contributed by atoms with Crippen LogP contribution in [-0.4, -0.2) is 42.8 Å². The van der Waals surface area contributed by atoms with Crippen LogP contribution < -0.4 is 0 Å². The van der Waals surface area contributed by atoms with Crippen molar-refractivity contribution in [2.75, 3.05) is 6.61 Å². The van der Waals surface area contributed by atoms with Gasteiger partial charge in [0, 0.05) is 26.2 Å². The van der Waals surface area contributed by atoms with Gasteiger partial charge in [-0.1, -0.05) is 56.3 Å². The molecule has 2 rings (SSSR count). The highest BCUT2D eigenvalue weighted by molar-refractivity contribution is 5.69. The summed E-state index contributed by atoms with van der Waals surface area (Å²) in [6.45, 7) is 7.09. The monoisotopic (exact) mass is 446 g/mol. The van der Waals surface area contributed by atoms with Crippen LogP contribution in [0.4, 0.5) is 0 Å². The van der Waals surface area contributed by atoms with Crippen LogP contribution in [0.1, 0.15) is 52.5 Å². The van der Waals surface area contributed by atoms with Crippen molar-refractivity contribution in [1.82, 2.24) is 0 Å². The molecule has 0 spiro atoms. The summed E-state index contributed by atoms with van der Waals surface area (Å²) < 4.78 is 22.0. The molecule has 0 aliphatic carbocycles. The van der Waals surface area contributed by atoms with E-state index in [2.05, 4.69) is 6.92 Å². The molecule has 0 N–H and O–H groups in total. The number of esters is 3. The van der Waals surface area contributed by atoms with E-state index in [1.54, 1.807) is 0 Å². The van der Waals surface area contributed by atoms with Crippen LogP contribution in [0.15, 0.2) is 42.5 Å². The molecule has 1 heterocycles. The van der Waals surface area contributed by atoms with Gasteiger partial charge in [-0.25, -0.2) is 0 Å². The third-order valence-electron chi connectivity index (χ3n) is 5.70. The number of rotatable bonds is 10. The van der Waals surface area contributed by atoms with Gasteiger partial charge >= 0.3 is 17.9 Å². The molecule has 0 bridgehead atoms. The second kappa shape index (κ2) is 13.0. The molecule has 1 aromatic carbocycles. The average Bonchev–Trinajstić information content (AvgIpc) is 2.76. The first-order chi connectivity index (χ1) is 15.3. The maximum atomic E-state index is 11.9. The Morgan fingerprint density at radius 2 is 1.66 bits per heavy atom. The fourth-order valence-corrected chi connectivity index (χ4v) is 3.74. The quantitative estimate of drug-likeness (QED) is 0.305. The molecule has 0 amide bonds. The van der Waals surface area contributed by atoms with E-state index in [1.165, 1.54) is 13.8 Å². The fourth-order valence-electron chi connectivity index (χ4n) is 3.74. The van der Waals surface area contributed by atoms with E-state index in [1.807, 2.05) is 49.4 Å². The highest BCUT2D eigenvalue weighted by Crippen LogP contribution is 2.34. The Morgan fingerprint density at radius 3 is 2.31 bits per heavy atom. The van der Waals surface area contributed by atoms with Crippen LogP contribution in [0.25, 0.3) is 0 Å². The van der Waals surface area contributed by atoms with Gasteiger partial charge in [0.15, 0.2) is 0 Å². The molecule has 32 heavy (non-hydrogen) atoms. The minimum atomic E-state index is -0.514. The molecule has 0 aromatic heterocycles. The third kappa shape index (κ3) is 8.46. The van der Waals surface area contributed by atoms with Gasteiger partial charge in [0.25, 0.3) is 0 Å². The number of ether oxygens (including phenoxy) is 4. The number of carbonyl (C=O) groups excluding carboxylic acids is 3. The Labute approximate surface area is 190 Å². The molecule has 5 atom stereocenters. The molecule has 0 radical (unpaired) electrons. The predicted octanol–water partition coefficient (Wildman–Crippen LogP) is 3.99. The number of benzene rings is 1. The Balaban J connectivity index is 1.81. The molecule has 1 aromatic rings. The van der Waals surface area contributed by atoms with E-state index < -0.39 is 18.2 Å². The highest BCUT2D eigenvalue weighted by Gasteiger charge is 2.43. The summed E-state index contributed by atoms with van der Waals surface area (Å²) in [7, 11) is 0.